The van der Waals surface area contributed by atoms with Gasteiger partial charge < -0.3 is 25.8 Å². The Kier molecular flexibility index (Phi) is 10.8. The lowest BCUT2D eigenvalue weighted by molar-refractivity contribution is -0.168. The van der Waals surface area contributed by atoms with Crippen LogP contribution in [-0.4, -0.2) is 94.7 Å². The van der Waals surface area contributed by atoms with Crippen molar-refractivity contribution in [1.82, 2.24) is 30.2 Å². The summed E-state index contributed by atoms with van der Waals surface area (Å²) in [6, 6.07) is 1.18. The number of carbonyl (C=O) groups excluding carboxylic acids is 4. The number of nitrogens with zero attached hydrogens (tertiary/aromatic N) is 4. The zero-order valence-corrected chi connectivity index (χ0v) is 27.4. The molecule has 11 nitrogen and oxygen atoms in total. The summed E-state index contributed by atoms with van der Waals surface area (Å²) < 4.78 is 61.3. The van der Waals surface area contributed by atoms with Crippen LogP contribution >= 0.6 is 0 Å². The summed E-state index contributed by atoms with van der Waals surface area (Å²) >= 11 is 0. The molecule has 3 fully saturated rings. The third-order valence-corrected chi connectivity index (χ3v) is 9.55. The number of halogens is 4. The van der Waals surface area contributed by atoms with Crippen molar-refractivity contribution in [3.8, 4) is 0 Å². The van der Waals surface area contributed by atoms with Crippen LogP contribution in [-0.2, 0) is 20.9 Å². The van der Waals surface area contributed by atoms with Gasteiger partial charge in [-0.05, 0) is 81.2 Å². The number of anilines is 1. The van der Waals surface area contributed by atoms with Crippen LogP contribution in [0.1, 0.15) is 67.9 Å². The average molecular weight is 678 g/mol. The quantitative estimate of drug-likeness (QED) is 0.279. The molecule has 5 rings (SSSR count). The van der Waals surface area contributed by atoms with Crippen LogP contribution in [0.25, 0.3) is 0 Å². The molecule has 0 spiro atoms. The average Bonchev–Trinajstić information content (AvgIpc) is 4.00. The smallest absolute Gasteiger partial charge is 0.343 e. The number of likely N-dealkylation sites (N-methyl/N-ethyl adjacent to an activating group) is 1. The van der Waals surface area contributed by atoms with E-state index in [1.165, 1.54) is 28.8 Å². The van der Waals surface area contributed by atoms with E-state index in [0.717, 1.165) is 37.8 Å². The predicted octanol–water partition coefficient (Wildman–Crippen LogP) is 3.53. The first-order valence-corrected chi connectivity index (χ1v) is 16.6. The van der Waals surface area contributed by atoms with Crippen LogP contribution in [0.3, 0.4) is 0 Å². The topological polar surface area (TPSA) is 129 Å². The maximum atomic E-state index is 15.7. The molecule has 262 valence electrons. The lowest BCUT2D eigenvalue weighted by atomic mass is 9.88. The minimum atomic E-state index is -5.03. The maximum Gasteiger partial charge on any atom is 0.398 e. The highest BCUT2D eigenvalue weighted by atomic mass is 19.4. The van der Waals surface area contributed by atoms with Crippen molar-refractivity contribution in [1.29, 1.82) is 0 Å². The van der Waals surface area contributed by atoms with Crippen LogP contribution in [0.4, 0.5) is 23.2 Å². The molecule has 1 aromatic carbocycles. The largest absolute Gasteiger partial charge is 0.398 e. The van der Waals surface area contributed by atoms with Gasteiger partial charge in [-0.1, -0.05) is 13.0 Å². The van der Waals surface area contributed by atoms with Gasteiger partial charge in [0, 0.05) is 45.3 Å². The molecule has 4 amide bonds. The second-order valence-electron chi connectivity index (χ2n) is 13.0. The number of piperazine rings is 1. The fourth-order valence-corrected chi connectivity index (χ4v) is 6.61. The van der Waals surface area contributed by atoms with Gasteiger partial charge in [-0.3, -0.25) is 23.9 Å². The van der Waals surface area contributed by atoms with E-state index in [0.29, 0.717) is 25.7 Å². The summed E-state index contributed by atoms with van der Waals surface area (Å²) in [6.45, 7) is 4.97. The minimum Gasteiger partial charge on any atom is -0.343 e. The Bertz CT molecular complexity index is 1490. The van der Waals surface area contributed by atoms with E-state index in [9.17, 15) is 32.3 Å². The van der Waals surface area contributed by atoms with Gasteiger partial charge >= 0.3 is 6.18 Å². The zero-order valence-electron chi connectivity index (χ0n) is 27.4. The predicted molar refractivity (Wildman–Crippen MR) is 168 cm³/mol. The first kappa shape index (κ1) is 35.3. The standard InChI is InChI=1S/C33H43F4N7O4/c1-4-25(45)40-29(32(48)43-16-14-42(3)15-17-43)27(33(35,36)37)21-10-11-23(22(34)18-21)39-31(47)28(26(19-6-7-19)20-8-9-20)41-30(46)24-12-13-38-44(24)5-2/h10-13,18-20,26-29H,4-9,14-17H2,1-3H3,(H,39,47)(H,40,45)(H,41,46)/t27-,28+,29-/m1/s1. The summed E-state index contributed by atoms with van der Waals surface area (Å²) in [5.74, 6) is -6.27. The number of aryl methyl sites for hydroxylation is 1. The number of carbonyl (C=O) groups is 4. The third kappa shape index (κ3) is 8.16. The molecule has 2 aliphatic carbocycles. The molecule has 2 heterocycles. The third-order valence-electron chi connectivity index (χ3n) is 9.55. The van der Waals surface area contributed by atoms with Gasteiger partial charge in [0.15, 0.2) is 0 Å². The van der Waals surface area contributed by atoms with Crippen molar-refractivity contribution < 1.29 is 36.7 Å². The molecule has 3 N–H and O–H groups in total. The fraction of sp³-hybridized carbons (Fsp3) is 0.606. The minimum absolute atomic E-state index is 0.155. The van der Waals surface area contributed by atoms with Crippen molar-refractivity contribution in [2.24, 2.45) is 17.8 Å². The van der Waals surface area contributed by atoms with Crippen LogP contribution in [0.5, 0.6) is 0 Å². The summed E-state index contributed by atoms with van der Waals surface area (Å²) in [6.07, 6.45) is -0.105. The first-order valence-electron chi connectivity index (χ1n) is 16.6. The Morgan fingerprint density at radius 3 is 2.12 bits per heavy atom. The van der Waals surface area contributed by atoms with E-state index < -0.39 is 59.2 Å². The molecular weight excluding hydrogens is 634 g/mol. The molecule has 2 aromatic rings. The van der Waals surface area contributed by atoms with Gasteiger partial charge in [0.1, 0.15) is 29.5 Å². The number of hydrogen-bond donors (Lipinski definition) is 3. The van der Waals surface area contributed by atoms with Gasteiger partial charge in [0.25, 0.3) is 5.91 Å². The van der Waals surface area contributed by atoms with Crippen LogP contribution in [0.2, 0.25) is 0 Å². The lowest BCUT2D eigenvalue weighted by Crippen LogP contribution is -2.57. The fourth-order valence-electron chi connectivity index (χ4n) is 6.61. The Hall–Kier alpha value is -4.01. The van der Waals surface area contributed by atoms with Gasteiger partial charge in [0.2, 0.25) is 17.7 Å². The SMILES string of the molecule is CCC(=O)N[C@@H](C(=O)N1CCN(C)CC1)[C@@H](c1ccc(NC(=O)[C@@H](NC(=O)c2ccnn2CC)C(C2CC2)C2CC2)c(F)c1)C(F)(F)F. The summed E-state index contributed by atoms with van der Waals surface area (Å²) in [5.41, 5.74) is -0.675. The highest BCUT2D eigenvalue weighted by Gasteiger charge is 2.51. The van der Waals surface area contributed by atoms with Gasteiger partial charge in [0.05, 0.1) is 5.69 Å². The highest BCUT2D eigenvalue weighted by Crippen LogP contribution is 2.51. The molecule has 15 heteroatoms. The number of amides is 4. The van der Waals surface area contributed by atoms with E-state index in [1.54, 1.807) is 0 Å². The molecule has 48 heavy (non-hydrogen) atoms. The molecular formula is C33H43F4N7O4. The van der Waals surface area contributed by atoms with E-state index in [2.05, 4.69) is 21.0 Å². The molecule has 1 aromatic heterocycles. The Morgan fingerprint density at radius 1 is 0.938 bits per heavy atom. The van der Waals surface area contributed by atoms with Crippen LogP contribution < -0.4 is 16.0 Å². The molecule has 2 saturated carbocycles. The van der Waals surface area contributed by atoms with E-state index in [4.69, 9.17) is 0 Å². The van der Waals surface area contributed by atoms with E-state index in [-0.39, 0.29) is 48.6 Å². The number of aromatic nitrogens is 2. The molecule has 1 aliphatic heterocycles. The number of alkyl halides is 3. The molecule has 0 unspecified atom stereocenters. The number of benzene rings is 1. The molecule has 0 radical (unpaired) electrons. The number of rotatable bonds is 13. The molecule has 0 bridgehead atoms. The van der Waals surface area contributed by atoms with Gasteiger partial charge in [-0.15, -0.1) is 0 Å². The second kappa shape index (κ2) is 14.6. The lowest BCUT2D eigenvalue weighted by Gasteiger charge is -2.37. The van der Waals surface area contributed by atoms with Crippen molar-refractivity contribution in [3.05, 3.63) is 47.5 Å². The monoisotopic (exact) mass is 677 g/mol. The van der Waals surface area contributed by atoms with Crippen molar-refractivity contribution in [3.63, 3.8) is 0 Å². The van der Waals surface area contributed by atoms with E-state index in [1.807, 2.05) is 18.9 Å². The van der Waals surface area contributed by atoms with E-state index >= 15 is 4.39 Å². The first-order chi connectivity index (χ1) is 22.8. The Labute approximate surface area is 276 Å². The highest BCUT2D eigenvalue weighted by molar-refractivity contribution is 6.01. The Balaban J connectivity index is 1.41. The van der Waals surface area contributed by atoms with Gasteiger partial charge in [-0.2, -0.15) is 18.3 Å². The summed E-state index contributed by atoms with van der Waals surface area (Å²) in [4.78, 5) is 56.1. The molecule has 3 atom stereocenters. The summed E-state index contributed by atoms with van der Waals surface area (Å²) in [7, 11) is 1.83. The van der Waals surface area contributed by atoms with Crippen molar-refractivity contribution >= 4 is 29.3 Å². The molecule has 3 aliphatic rings. The Morgan fingerprint density at radius 2 is 1.58 bits per heavy atom. The summed E-state index contributed by atoms with van der Waals surface area (Å²) in [5, 5.41) is 11.7. The second-order valence-corrected chi connectivity index (χ2v) is 13.0. The molecule has 1 saturated heterocycles. The van der Waals surface area contributed by atoms with Gasteiger partial charge in [-0.25, -0.2) is 4.39 Å². The normalized spacial score (nSPS) is 19.0. The number of nitrogens with one attached hydrogen (secondary N) is 3. The van der Waals surface area contributed by atoms with Crippen molar-refractivity contribution in [2.45, 2.75) is 76.7 Å². The number of hydrogen-bond acceptors (Lipinski definition) is 6. The van der Waals surface area contributed by atoms with Crippen molar-refractivity contribution in [2.75, 3.05) is 38.5 Å². The maximum absolute atomic E-state index is 15.7. The zero-order chi connectivity index (χ0) is 34.7. The van der Waals surface area contributed by atoms with Crippen LogP contribution in [0.15, 0.2) is 30.5 Å². The van der Waals surface area contributed by atoms with Crippen LogP contribution in [0, 0.1) is 23.6 Å².